The molecular formula is C12H18N2O4. The normalized spacial score (nSPS) is 16.7. The molecule has 6 nitrogen and oxygen atoms in total. The third-order valence-corrected chi connectivity index (χ3v) is 2.77. The molecule has 0 aromatic heterocycles. The first-order chi connectivity index (χ1) is 8.43. The van der Waals surface area contributed by atoms with Crippen LogP contribution in [0.25, 0.3) is 0 Å². The van der Waals surface area contributed by atoms with Gasteiger partial charge in [-0.05, 0) is 39.9 Å². The predicted octanol–water partition coefficient (Wildman–Crippen LogP) is 0.0965. The van der Waals surface area contributed by atoms with E-state index in [0.717, 1.165) is 30.0 Å². The molecule has 1 rings (SSSR count). The van der Waals surface area contributed by atoms with Gasteiger partial charge in [-0.1, -0.05) is 0 Å². The summed E-state index contributed by atoms with van der Waals surface area (Å²) in [5.74, 6) is -2.22. The van der Waals surface area contributed by atoms with Crippen molar-refractivity contribution in [3.05, 3.63) is 12.2 Å². The van der Waals surface area contributed by atoms with E-state index < -0.39 is 23.8 Å². The molecule has 2 amide bonds. The molecule has 0 radical (unpaired) electrons. The fourth-order valence-electron chi connectivity index (χ4n) is 1.85. The van der Waals surface area contributed by atoms with Crippen LogP contribution < -0.4 is 0 Å². The van der Waals surface area contributed by atoms with Gasteiger partial charge in [0.15, 0.2) is 0 Å². The fraction of sp³-hybridized carbons (Fsp3) is 0.583. The monoisotopic (exact) mass is 254 g/mol. The number of aliphatic carboxylic acids is 1. The highest BCUT2D eigenvalue weighted by Crippen LogP contribution is 2.15. The molecule has 0 saturated heterocycles. The highest BCUT2D eigenvalue weighted by Gasteiger charge is 2.35. The number of carbonyl (C=O) groups excluding carboxylic acids is 2. The van der Waals surface area contributed by atoms with Crippen LogP contribution in [0.1, 0.15) is 19.3 Å². The zero-order chi connectivity index (χ0) is 13.7. The number of nitrogens with zero attached hydrogens (tertiary/aromatic N) is 2. The van der Waals surface area contributed by atoms with Crippen molar-refractivity contribution in [3.63, 3.8) is 0 Å². The molecule has 1 unspecified atom stereocenters. The number of imide groups is 1. The van der Waals surface area contributed by atoms with Crippen molar-refractivity contribution in [1.82, 2.24) is 9.80 Å². The zero-order valence-electron chi connectivity index (χ0n) is 10.6. The molecule has 0 fully saturated rings. The van der Waals surface area contributed by atoms with Crippen LogP contribution in [-0.4, -0.2) is 59.4 Å². The smallest absolute Gasteiger partial charge is 0.326 e. The molecule has 0 bridgehead atoms. The zero-order valence-corrected chi connectivity index (χ0v) is 10.6. The number of hydrogen-bond acceptors (Lipinski definition) is 4. The van der Waals surface area contributed by atoms with Gasteiger partial charge < -0.3 is 10.0 Å². The van der Waals surface area contributed by atoms with Gasteiger partial charge in [0.1, 0.15) is 6.04 Å². The second-order valence-corrected chi connectivity index (χ2v) is 4.53. The van der Waals surface area contributed by atoms with Gasteiger partial charge in [-0.25, -0.2) is 4.79 Å². The van der Waals surface area contributed by atoms with Crippen LogP contribution in [0.15, 0.2) is 12.2 Å². The summed E-state index contributed by atoms with van der Waals surface area (Å²) >= 11 is 0. The van der Waals surface area contributed by atoms with Gasteiger partial charge in [-0.15, -0.1) is 0 Å². The lowest BCUT2D eigenvalue weighted by atomic mass is 10.1. The molecule has 6 heteroatoms. The summed E-state index contributed by atoms with van der Waals surface area (Å²) in [5.41, 5.74) is 0. The number of carbonyl (C=O) groups is 3. The quantitative estimate of drug-likeness (QED) is 0.515. The van der Waals surface area contributed by atoms with Crippen LogP contribution in [0.2, 0.25) is 0 Å². The Labute approximate surface area is 106 Å². The maximum absolute atomic E-state index is 11.4. The van der Waals surface area contributed by atoms with Crippen molar-refractivity contribution in [1.29, 1.82) is 0 Å². The van der Waals surface area contributed by atoms with Crippen molar-refractivity contribution >= 4 is 17.8 Å². The van der Waals surface area contributed by atoms with Gasteiger partial charge in [-0.3, -0.25) is 14.5 Å². The SMILES string of the molecule is CN(C)CCCCC(C(=O)O)N1C(=O)C=CC1=O. The first-order valence-electron chi connectivity index (χ1n) is 5.86. The van der Waals surface area contributed by atoms with Gasteiger partial charge >= 0.3 is 5.97 Å². The van der Waals surface area contributed by atoms with E-state index >= 15 is 0 Å². The van der Waals surface area contributed by atoms with Crippen LogP contribution >= 0.6 is 0 Å². The standard InChI is InChI=1S/C12H18N2O4/c1-13(2)8-4-3-5-9(12(17)18)14-10(15)6-7-11(14)16/h6-7,9H,3-5,8H2,1-2H3,(H,17,18). The highest BCUT2D eigenvalue weighted by atomic mass is 16.4. The van der Waals surface area contributed by atoms with Crippen molar-refractivity contribution < 1.29 is 19.5 Å². The summed E-state index contributed by atoms with van der Waals surface area (Å²) in [7, 11) is 3.87. The van der Waals surface area contributed by atoms with Gasteiger partial charge in [0.25, 0.3) is 11.8 Å². The highest BCUT2D eigenvalue weighted by molar-refractivity contribution is 6.14. The minimum absolute atomic E-state index is 0.294. The lowest BCUT2D eigenvalue weighted by Crippen LogP contribution is -2.45. The molecule has 1 N–H and O–H groups in total. The van der Waals surface area contributed by atoms with E-state index in [0.29, 0.717) is 12.8 Å². The lowest BCUT2D eigenvalue weighted by Gasteiger charge is -2.22. The Morgan fingerprint density at radius 2 is 1.83 bits per heavy atom. The van der Waals surface area contributed by atoms with E-state index in [4.69, 9.17) is 5.11 Å². The summed E-state index contributed by atoms with van der Waals surface area (Å²) in [5, 5.41) is 9.09. The molecule has 0 aromatic carbocycles. The molecule has 0 aliphatic carbocycles. The summed E-state index contributed by atoms with van der Waals surface area (Å²) < 4.78 is 0. The molecule has 0 saturated carbocycles. The minimum Gasteiger partial charge on any atom is -0.480 e. The molecule has 1 atom stereocenters. The second-order valence-electron chi connectivity index (χ2n) is 4.53. The Hall–Kier alpha value is -1.69. The Morgan fingerprint density at radius 3 is 2.28 bits per heavy atom. The number of rotatable bonds is 7. The number of unbranched alkanes of at least 4 members (excludes halogenated alkanes) is 1. The van der Waals surface area contributed by atoms with E-state index in [-0.39, 0.29) is 0 Å². The third-order valence-electron chi connectivity index (χ3n) is 2.77. The third kappa shape index (κ3) is 3.66. The Bertz CT molecular complexity index is 358. The average molecular weight is 254 g/mol. The van der Waals surface area contributed by atoms with E-state index in [1.807, 2.05) is 19.0 Å². The van der Waals surface area contributed by atoms with Crippen molar-refractivity contribution in [2.75, 3.05) is 20.6 Å². The van der Waals surface area contributed by atoms with Crippen LogP contribution in [0, 0.1) is 0 Å². The average Bonchev–Trinajstić information content (AvgIpc) is 2.59. The van der Waals surface area contributed by atoms with Crippen LogP contribution in [0.3, 0.4) is 0 Å². The van der Waals surface area contributed by atoms with E-state index in [9.17, 15) is 14.4 Å². The van der Waals surface area contributed by atoms with Gasteiger partial charge in [-0.2, -0.15) is 0 Å². The molecule has 1 aliphatic heterocycles. The van der Waals surface area contributed by atoms with Crippen molar-refractivity contribution in [2.45, 2.75) is 25.3 Å². The lowest BCUT2D eigenvalue weighted by molar-refractivity contribution is -0.153. The summed E-state index contributed by atoms with van der Waals surface area (Å²) in [6.07, 6.45) is 4.01. The number of carboxylic acids is 1. The maximum Gasteiger partial charge on any atom is 0.326 e. The van der Waals surface area contributed by atoms with E-state index in [1.165, 1.54) is 0 Å². The molecule has 18 heavy (non-hydrogen) atoms. The summed E-state index contributed by atoms with van der Waals surface area (Å²) in [6.45, 7) is 0.854. The molecule has 0 aromatic rings. The maximum atomic E-state index is 11.4. The minimum atomic E-state index is -1.13. The fourth-order valence-corrected chi connectivity index (χ4v) is 1.85. The predicted molar refractivity (Wildman–Crippen MR) is 64.8 cm³/mol. The van der Waals surface area contributed by atoms with Crippen molar-refractivity contribution in [3.8, 4) is 0 Å². The molecule has 0 spiro atoms. The van der Waals surface area contributed by atoms with E-state index in [2.05, 4.69) is 0 Å². The van der Waals surface area contributed by atoms with Gasteiger partial charge in [0.05, 0.1) is 0 Å². The topological polar surface area (TPSA) is 77.9 Å². The van der Waals surface area contributed by atoms with Crippen LogP contribution in [0.5, 0.6) is 0 Å². The summed E-state index contributed by atoms with van der Waals surface area (Å²) in [6, 6.07) is -1.05. The number of amides is 2. The Morgan fingerprint density at radius 1 is 1.28 bits per heavy atom. The Kier molecular flexibility index (Phi) is 5.03. The van der Waals surface area contributed by atoms with Crippen molar-refractivity contribution in [2.24, 2.45) is 0 Å². The second kappa shape index (κ2) is 6.30. The Balaban J connectivity index is 2.53. The van der Waals surface area contributed by atoms with Crippen LogP contribution in [0.4, 0.5) is 0 Å². The summed E-state index contributed by atoms with van der Waals surface area (Å²) in [4.78, 5) is 36.8. The molecule has 1 aliphatic rings. The van der Waals surface area contributed by atoms with Crippen LogP contribution in [-0.2, 0) is 14.4 Å². The number of carboxylic acid groups (broad SMARTS) is 1. The molecular weight excluding hydrogens is 236 g/mol. The largest absolute Gasteiger partial charge is 0.480 e. The first kappa shape index (κ1) is 14.4. The molecule has 1 heterocycles. The number of hydrogen-bond donors (Lipinski definition) is 1. The van der Waals surface area contributed by atoms with Gasteiger partial charge in [0.2, 0.25) is 0 Å². The molecule has 100 valence electrons. The van der Waals surface area contributed by atoms with E-state index in [1.54, 1.807) is 0 Å². The van der Waals surface area contributed by atoms with Gasteiger partial charge in [0, 0.05) is 12.2 Å². The first-order valence-corrected chi connectivity index (χ1v) is 5.86.